The molecule has 20 heavy (non-hydrogen) atoms. The van der Waals surface area contributed by atoms with Crippen molar-refractivity contribution < 1.29 is 4.39 Å². The quantitative estimate of drug-likeness (QED) is 0.787. The molecule has 0 amide bonds. The highest BCUT2D eigenvalue weighted by molar-refractivity contribution is 6.31. The van der Waals surface area contributed by atoms with Crippen LogP contribution in [0.2, 0.25) is 5.02 Å². The number of rotatable bonds is 2. The molecule has 2 heterocycles. The lowest BCUT2D eigenvalue weighted by molar-refractivity contribution is 0.565. The number of fused-ring (bicyclic) bond motifs is 1. The zero-order valence-corrected chi connectivity index (χ0v) is 11.5. The van der Waals surface area contributed by atoms with Gasteiger partial charge in [-0.1, -0.05) is 29.8 Å². The highest BCUT2D eigenvalue weighted by atomic mass is 35.5. The van der Waals surface area contributed by atoms with Crippen molar-refractivity contribution >= 4 is 28.7 Å². The molecule has 1 unspecified atom stereocenters. The molecule has 0 saturated heterocycles. The minimum atomic E-state index is -0.310. The van der Waals surface area contributed by atoms with Gasteiger partial charge in [-0.05, 0) is 19.1 Å². The first-order valence-electron chi connectivity index (χ1n) is 6.11. The van der Waals surface area contributed by atoms with Gasteiger partial charge in [0, 0.05) is 11.8 Å². The Morgan fingerprint density at radius 3 is 2.85 bits per heavy atom. The van der Waals surface area contributed by atoms with E-state index in [0.29, 0.717) is 21.7 Å². The van der Waals surface area contributed by atoms with Gasteiger partial charge in [-0.2, -0.15) is 0 Å². The molecule has 0 aliphatic rings. The number of nitrogens with two attached hydrogens (primary N) is 1. The van der Waals surface area contributed by atoms with E-state index in [1.807, 2.05) is 6.92 Å². The average Bonchev–Trinajstić information content (AvgIpc) is 2.73. The standard InChI is InChI=1S/C14H12ClFN4/c1-8(10-4-2-3-5-11(10)16)20-13-12(19-14(20)17)6-9(15)7-18-13/h2-8H,1H3,(H2,17,19). The number of aromatic nitrogens is 3. The maximum Gasteiger partial charge on any atom is 0.203 e. The fourth-order valence-electron chi connectivity index (χ4n) is 2.31. The molecule has 0 saturated carbocycles. The van der Waals surface area contributed by atoms with Crippen LogP contribution in [0.15, 0.2) is 36.5 Å². The van der Waals surface area contributed by atoms with Gasteiger partial charge in [0.2, 0.25) is 5.95 Å². The van der Waals surface area contributed by atoms with Gasteiger partial charge in [0.05, 0.1) is 11.1 Å². The Morgan fingerprint density at radius 1 is 1.35 bits per heavy atom. The molecule has 0 radical (unpaired) electrons. The molecule has 1 aromatic carbocycles. The lowest BCUT2D eigenvalue weighted by Crippen LogP contribution is -2.12. The normalized spacial score (nSPS) is 12.8. The third-order valence-corrected chi connectivity index (χ3v) is 3.47. The smallest absolute Gasteiger partial charge is 0.203 e. The van der Waals surface area contributed by atoms with Crippen molar-refractivity contribution in [2.24, 2.45) is 0 Å². The number of imidazole rings is 1. The van der Waals surface area contributed by atoms with Crippen LogP contribution in [-0.4, -0.2) is 14.5 Å². The Kier molecular flexibility index (Phi) is 3.06. The number of anilines is 1. The van der Waals surface area contributed by atoms with Crippen LogP contribution in [0.4, 0.5) is 10.3 Å². The summed E-state index contributed by atoms with van der Waals surface area (Å²) >= 11 is 5.89. The fourth-order valence-corrected chi connectivity index (χ4v) is 2.46. The zero-order chi connectivity index (χ0) is 14.3. The summed E-state index contributed by atoms with van der Waals surface area (Å²) in [5.74, 6) is 0.000679. The van der Waals surface area contributed by atoms with E-state index in [-0.39, 0.29) is 17.8 Å². The van der Waals surface area contributed by atoms with Gasteiger partial charge < -0.3 is 5.73 Å². The second kappa shape index (κ2) is 4.76. The fraction of sp³-hybridized carbons (Fsp3) is 0.143. The first-order chi connectivity index (χ1) is 9.58. The molecule has 4 nitrogen and oxygen atoms in total. The van der Waals surface area contributed by atoms with Gasteiger partial charge in [0.15, 0.2) is 5.65 Å². The summed E-state index contributed by atoms with van der Waals surface area (Å²) in [6, 6.07) is 7.96. The Hall–Kier alpha value is -2.14. The molecular formula is C14H12ClFN4. The van der Waals surface area contributed by atoms with Crippen LogP contribution in [0.3, 0.4) is 0 Å². The van der Waals surface area contributed by atoms with Crippen molar-refractivity contribution in [3.8, 4) is 0 Å². The third-order valence-electron chi connectivity index (χ3n) is 3.27. The molecule has 3 rings (SSSR count). The maximum absolute atomic E-state index is 13.9. The van der Waals surface area contributed by atoms with E-state index in [1.54, 1.807) is 28.8 Å². The van der Waals surface area contributed by atoms with Crippen molar-refractivity contribution in [3.63, 3.8) is 0 Å². The highest BCUT2D eigenvalue weighted by Gasteiger charge is 2.19. The first-order valence-corrected chi connectivity index (χ1v) is 6.49. The van der Waals surface area contributed by atoms with Gasteiger partial charge in [-0.25, -0.2) is 14.4 Å². The summed E-state index contributed by atoms with van der Waals surface area (Å²) in [7, 11) is 0. The van der Waals surface area contributed by atoms with Crippen molar-refractivity contribution in [3.05, 3.63) is 52.9 Å². The van der Waals surface area contributed by atoms with E-state index in [2.05, 4.69) is 9.97 Å². The Balaban J connectivity index is 2.19. The molecular weight excluding hydrogens is 279 g/mol. The first kappa shape index (κ1) is 12.9. The van der Waals surface area contributed by atoms with Gasteiger partial charge in [-0.15, -0.1) is 0 Å². The van der Waals surface area contributed by atoms with Crippen LogP contribution in [0.1, 0.15) is 18.5 Å². The van der Waals surface area contributed by atoms with Gasteiger partial charge in [0.25, 0.3) is 0 Å². The van der Waals surface area contributed by atoms with Gasteiger partial charge >= 0.3 is 0 Å². The summed E-state index contributed by atoms with van der Waals surface area (Å²) < 4.78 is 15.6. The molecule has 2 aromatic heterocycles. The summed E-state index contributed by atoms with van der Waals surface area (Å²) in [6.07, 6.45) is 1.52. The highest BCUT2D eigenvalue weighted by Crippen LogP contribution is 2.28. The monoisotopic (exact) mass is 290 g/mol. The van der Waals surface area contributed by atoms with Crippen LogP contribution < -0.4 is 5.73 Å². The van der Waals surface area contributed by atoms with Crippen molar-refractivity contribution in [2.75, 3.05) is 5.73 Å². The number of halogens is 2. The molecule has 0 fully saturated rings. The predicted molar refractivity (Wildman–Crippen MR) is 77.2 cm³/mol. The van der Waals surface area contributed by atoms with Crippen LogP contribution in [0, 0.1) is 5.82 Å². The summed E-state index contributed by atoms with van der Waals surface area (Å²) in [6.45, 7) is 1.85. The average molecular weight is 291 g/mol. The molecule has 0 spiro atoms. The second-order valence-corrected chi connectivity index (χ2v) is 4.97. The van der Waals surface area contributed by atoms with E-state index in [1.165, 1.54) is 12.3 Å². The van der Waals surface area contributed by atoms with Crippen molar-refractivity contribution in [2.45, 2.75) is 13.0 Å². The summed E-state index contributed by atoms with van der Waals surface area (Å²) in [5.41, 5.74) is 7.66. The molecule has 0 bridgehead atoms. The number of nitrogens with zero attached hydrogens (tertiary/aromatic N) is 3. The zero-order valence-electron chi connectivity index (χ0n) is 10.7. The van der Waals surface area contributed by atoms with E-state index < -0.39 is 0 Å². The SMILES string of the molecule is CC(c1ccccc1F)n1c(N)nc2cc(Cl)cnc21. The Bertz CT molecular complexity index is 784. The number of nitrogen functional groups attached to an aromatic ring is 1. The van der Waals surface area contributed by atoms with Gasteiger partial charge in [0.1, 0.15) is 11.3 Å². The minimum Gasteiger partial charge on any atom is -0.369 e. The molecule has 3 aromatic rings. The lowest BCUT2D eigenvalue weighted by Gasteiger charge is -2.16. The van der Waals surface area contributed by atoms with Crippen LogP contribution in [0.5, 0.6) is 0 Å². The number of pyridine rings is 1. The number of hydrogen-bond acceptors (Lipinski definition) is 3. The number of hydrogen-bond donors (Lipinski definition) is 1. The maximum atomic E-state index is 13.9. The Morgan fingerprint density at radius 2 is 2.10 bits per heavy atom. The molecule has 102 valence electrons. The lowest BCUT2D eigenvalue weighted by atomic mass is 10.1. The summed E-state index contributed by atoms with van der Waals surface area (Å²) in [4.78, 5) is 8.47. The van der Waals surface area contributed by atoms with Crippen molar-refractivity contribution in [1.82, 2.24) is 14.5 Å². The largest absolute Gasteiger partial charge is 0.369 e. The van der Waals surface area contributed by atoms with E-state index in [9.17, 15) is 4.39 Å². The summed E-state index contributed by atoms with van der Waals surface area (Å²) in [5, 5.41) is 0.487. The molecule has 0 aliphatic heterocycles. The van der Waals surface area contributed by atoms with E-state index >= 15 is 0 Å². The second-order valence-electron chi connectivity index (χ2n) is 4.53. The third kappa shape index (κ3) is 2.00. The molecule has 1 atom stereocenters. The van der Waals surface area contributed by atoms with Crippen molar-refractivity contribution in [1.29, 1.82) is 0 Å². The number of benzene rings is 1. The van der Waals surface area contributed by atoms with Gasteiger partial charge in [-0.3, -0.25) is 4.57 Å². The van der Waals surface area contributed by atoms with Crippen LogP contribution in [-0.2, 0) is 0 Å². The minimum absolute atomic E-state index is 0.282. The van der Waals surface area contributed by atoms with E-state index in [0.717, 1.165) is 0 Å². The molecule has 0 aliphatic carbocycles. The predicted octanol–water partition coefficient (Wildman–Crippen LogP) is 3.42. The van der Waals surface area contributed by atoms with E-state index in [4.69, 9.17) is 17.3 Å². The topological polar surface area (TPSA) is 56.7 Å². The molecule has 6 heteroatoms. The van der Waals surface area contributed by atoms with Crippen LogP contribution >= 0.6 is 11.6 Å². The Labute approximate surface area is 120 Å². The van der Waals surface area contributed by atoms with Crippen LogP contribution in [0.25, 0.3) is 11.2 Å². The molecule has 2 N–H and O–H groups in total.